The van der Waals surface area contributed by atoms with Gasteiger partial charge in [0.05, 0.1) is 50.1 Å². The van der Waals surface area contributed by atoms with Gasteiger partial charge in [0.15, 0.2) is 0 Å². The summed E-state index contributed by atoms with van der Waals surface area (Å²) >= 11 is 0. The topological polar surface area (TPSA) is 111 Å². The van der Waals surface area contributed by atoms with Crippen molar-refractivity contribution in [2.24, 2.45) is 28.1 Å². The molecule has 3 aromatic rings. The third-order valence-corrected chi connectivity index (χ3v) is 13.4. The van der Waals surface area contributed by atoms with Crippen LogP contribution in [0.3, 0.4) is 0 Å². The first-order chi connectivity index (χ1) is 25.0. The number of benzene rings is 2. The fourth-order valence-corrected chi connectivity index (χ4v) is 11.2. The Morgan fingerprint density at radius 2 is 1.65 bits per heavy atom. The summed E-state index contributed by atoms with van der Waals surface area (Å²) in [6.07, 6.45) is 5.37. The monoisotopic (exact) mass is 706 g/mol. The maximum atomic E-state index is 13.8. The van der Waals surface area contributed by atoms with E-state index in [1.807, 2.05) is 42.5 Å². The van der Waals surface area contributed by atoms with Crippen molar-refractivity contribution in [1.29, 1.82) is 0 Å². The minimum absolute atomic E-state index is 0.0882. The molecule has 0 bridgehead atoms. The van der Waals surface area contributed by atoms with Crippen LogP contribution >= 0.6 is 0 Å². The zero-order chi connectivity index (χ0) is 36.4. The molecule has 52 heavy (non-hydrogen) atoms. The molecule has 272 valence electrons. The summed E-state index contributed by atoms with van der Waals surface area (Å²) < 4.78 is 37.7. The van der Waals surface area contributed by atoms with E-state index < -0.39 is 46.5 Å². The normalized spacial score (nSPS) is 37.3. The van der Waals surface area contributed by atoms with E-state index >= 15 is 0 Å². The fourth-order valence-electron chi connectivity index (χ4n) is 11.2. The lowest BCUT2D eigenvalue weighted by molar-refractivity contribution is -0.248. The van der Waals surface area contributed by atoms with Crippen molar-refractivity contribution in [1.82, 2.24) is 0 Å². The lowest BCUT2D eigenvalue weighted by Crippen LogP contribution is -2.71. The fraction of sp³-hybridized carbons (Fsp3) is 0.465. The molecule has 4 fully saturated rings. The van der Waals surface area contributed by atoms with E-state index in [9.17, 15) is 14.4 Å². The van der Waals surface area contributed by atoms with Crippen LogP contribution in [-0.4, -0.2) is 62.1 Å². The molecule has 0 N–H and O–H groups in total. The molecule has 0 radical (unpaired) electrons. The van der Waals surface area contributed by atoms with Crippen molar-refractivity contribution in [2.75, 3.05) is 13.7 Å². The van der Waals surface area contributed by atoms with Gasteiger partial charge in [-0.3, -0.25) is 4.79 Å². The highest BCUT2D eigenvalue weighted by Crippen LogP contribution is 2.74. The molecule has 0 spiro atoms. The number of esters is 3. The molecule has 0 unspecified atom stereocenters. The van der Waals surface area contributed by atoms with E-state index in [-0.39, 0.29) is 48.8 Å². The third-order valence-electron chi connectivity index (χ3n) is 13.4. The number of furan rings is 1. The number of fused-ring (bicyclic) bond motifs is 4. The second-order valence-corrected chi connectivity index (χ2v) is 15.9. The van der Waals surface area contributed by atoms with Gasteiger partial charge in [0, 0.05) is 47.0 Å². The Bertz CT molecular complexity index is 1900. The van der Waals surface area contributed by atoms with Crippen molar-refractivity contribution >= 4 is 24.0 Å². The summed E-state index contributed by atoms with van der Waals surface area (Å²) in [5, 5.41) is 0. The van der Waals surface area contributed by atoms with Crippen molar-refractivity contribution in [3.8, 4) is 0 Å². The van der Waals surface area contributed by atoms with Gasteiger partial charge in [0.1, 0.15) is 12.2 Å². The minimum Gasteiger partial charge on any atom is -0.472 e. The number of hydrogen-bond donors (Lipinski definition) is 0. The molecular formula is C43H46O9. The van der Waals surface area contributed by atoms with Crippen LogP contribution in [-0.2, 0) is 33.3 Å². The highest BCUT2D eigenvalue weighted by Gasteiger charge is 2.78. The van der Waals surface area contributed by atoms with E-state index in [4.69, 9.17) is 28.1 Å². The molecule has 2 aromatic carbocycles. The van der Waals surface area contributed by atoms with Crippen LogP contribution in [0, 0.1) is 28.1 Å². The van der Waals surface area contributed by atoms with E-state index in [0.717, 1.165) is 17.5 Å². The molecule has 9 nitrogen and oxygen atoms in total. The largest absolute Gasteiger partial charge is 0.472 e. The molecule has 2 saturated heterocycles. The van der Waals surface area contributed by atoms with Crippen LogP contribution in [0.4, 0.5) is 0 Å². The van der Waals surface area contributed by atoms with E-state index in [0.29, 0.717) is 12.2 Å². The zero-order valence-corrected chi connectivity index (χ0v) is 30.3. The summed E-state index contributed by atoms with van der Waals surface area (Å²) in [6, 6.07) is 20.5. The highest BCUT2D eigenvalue weighted by atomic mass is 16.6. The average Bonchev–Trinajstić information content (AvgIpc) is 3.93. The average molecular weight is 707 g/mol. The van der Waals surface area contributed by atoms with Gasteiger partial charge in [0.2, 0.25) is 0 Å². The first kappa shape index (κ1) is 34.6. The number of rotatable bonds is 8. The van der Waals surface area contributed by atoms with Crippen LogP contribution in [0.1, 0.15) is 74.4 Å². The summed E-state index contributed by atoms with van der Waals surface area (Å²) in [5.41, 5.74) is 2.63. The van der Waals surface area contributed by atoms with Crippen molar-refractivity contribution < 1.29 is 42.5 Å². The summed E-state index contributed by atoms with van der Waals surface area (Å²) in [4.78, 5) is 41.0. The first-order valence-corrected chi connectivity index (χ1v) is 18.3. The number of carbonyl (C=O) groups excluding carboxylic acids is 3. The quantitative estimate of drug-likeness (QED) is 0.103. The summed E-state index contributed by atoms with van der Waals surface area (Å²) in [6.45, 7) is 8.95. The van der Waals surface area contributed by atoms with Gasteiger partial charge in [0.25, 0.3) is 0 Å². The van der Waals surface area contributed by atoms with Gasteiger partial charge in [-0.25, -0.2) is 9.59 Å². The SMILES string of the molecule is COC(=O)C[C@H]1[C@]2(C)C3=C(C)[C@H](c4ccoc4)C[C@H]3O[C@@H]2[C@@H]2OC[C@]3(C)[C@H](OC(=O)c4ccccc4)C[C@H](OC(=O)/C=C/c4ccccc4)[C@@]1(C)[C@@H]23. The Morgan fingerprint density at radius 3 is 2.35 bits per heavy atom. The first-order valence-electron chi connectivity index (χ1n) is 18.3. The van der Waals surface area contributed by atoms with Gasteiger partial charge in [-0.15, -0.1) is 0 Å². The van der Waals surface area contributed by atoms with Crippen molar-refractivity contribution in [2.45, 2.75) is 83.4 Å². The zero-order valence-electron chi connectivity index (χ0n) is 30.3. The van der Waals surface area contributed by atoms with E-state index in [2.05, 4.69) is 27.7 Å². The van der Waals surface area contributed by atoms with E-state index in [1.54, 1.807) is 42.9 Å². The molecule has 11 atom stereocenters. The maximum absolute atomic E-state index is 13.8. The Kier molecular flexibility index (Phi) is 8.57. The van der Waals surface area contributed by atoms with Gasteiger partial charge in [-0.1, -0.05) is 74.9 Å². The highest BCUT2D eigenvalue weighted by molar-refractivity contribution is 5.89. The van der Waals surface area contributed by atoms with Gasteiger partial charge in [-0.2, -0.15) is 0 Å². The lowest BCUT2D eigenvalue weighted by atomic mass is 9.40. The van der Waals surface area contributed by atoms with Crippen LogP contribution in [0.25, 0.3) is 6.08 Å². The van der Waals surface area contributed by atoms with Crippen LogP contribution in [0.5, 0.6) is 0 Å². The van der Waals surface area contributed by atoms with Crippen molar-refractivity contribution in [3.63, 3.8) is 0 Å². The summed E-state index contributed by atoms with van der Waals surface area (Å²) in [5.74, 6) is -1.86. The Morgan fingerprint density at radius 1 is 0.923 bits per heavy atom. The molecule has 0 amide bonds. The number of allylic oxidation sites excluding steroid dienone is 1. The Labute approximate surface area is 304 Å². The number of hydrogen-bond acceptors (Lipinski definition) is 9. The summed E-state index contributed by atoms with van der Waals surface area (Å²) in [7, 11) is 1.41. The molecule has 9 heteroatoms. The van der Waals surface area contributed by atoms with Gasteiger partial charge in [-0.05, 0) is 60.2 Å². The lowest BCUT2D eigenvalue weighted by Gasteiger charge is -2.65. The Hall–Kier alpha value is -4.47. The maximum Gasteiger partial charge on any atom is 0.338 e. The molecule has 5 aliphatic rings. The molecule has 1 aromatic heterocycles. The molecule has 2 saturated carbocycles. The predicted molar refractivity (Wildman–Crippen MR) is 191 cm³/mol. The molecular weight excluding hydrogens is 660 g/mol. The second kappa shape index (κ2) is 12.9. The predicted octanol–water partition coefficient (Wildman–Crippen LogP) is 7.33. The third kappa shape index (κ3) is 5.22. The number of ether oxygens (including phenoxy) is 5. The van der Waals surface area contributed by atoms with E-state index in [1.165, 1.54) is 24.3 Å². The second-order valence-electron chi connectivity index (χ2n) is 15.9. The van der Waals surface area contributed by atoms with Crippen molar-refractivity contribution in [3.05, 3.63) is 113 Å². The molecule has 3 heterocycles. The van der Waals surface area contributed by atoms with Crippen LogP contribution in [0.15, 0.2) is 101 Å². The molecule has 8 rings (SSSR count). The van der Waals surface area contributed by atoms with Crippen LogP contribution in [0.2, 0.25) is 0 Å². The smallest absolute Gasteiger partial charge is 0.338 e. The molecule has 3 aliphatic carbocycles. The number of carbonyl (C=O) groups is 3. The standard InChI is InChI=1S/C43H46O9/c1-25-29(28-18-19-48-23-28)20-30-36(25)43(4)31(21-35(45)47-5)42(3)33(51-34(44)17-16-26-12-8-6-9-13-26)22-32(52-40(46)27-14-10-7-11-15-27)41(2)24-49-37(38(41)42)39(43)50-30/h6-19,23,29-33,37-39H,20-22,24H2,1-5H3/b17-16+/t29-,30-,31-,32-,33+,37-,38+,39-,41-,42+,43-/m1/s1. The van der Waals surface area contributed by atoms with Gasteiger partial charge >= 0.3 is 17.9 Å². The minimum atomic E-state index is -0.819. The Balaban J connectivity index is 1.25. The van der Waals surface area contributed by atoms with Gasteiger partial charge < -0.3 is 28.1 Å². The molecule has 2 aliphatic heterocycles. The number of methoxy groups -OCH3 is 1. The van der Waals surface area contributed by atoms with Crippen LogP contribution < -0.4 is 0 Å².